The quantitative estimate of drug-likeness (QED) is 0.651. The van der Waals surface area contributed by atoms with Gasteiger partial charge in [-0.2, -0.15) is 0 Å². The van der Waals surface area contributed by atoms with Gasteiger partial charge in [-0.15, -0.1) is 0 Å². The molecule has 2 N–H and O–H groups in total. The van der Waals surface area contributed by atoms with E-state index in [2.05, 4.69) is 0 Å². The molecule has 0 aliphatic rings. The van der Waals surface area contributed by atoms with Gasteiger partial charge in [-0.3, -0.25) is 4.57 Å². The first kappa shape index (κ1) is 18.3. The molecule has 0 unspecified atom stereocenters. The van der Waals surface area contributed by atoms with E-state index in [0.29, 0.717) is 12.2 Å². The lowest BCUT2D eigenvalue weighted by Crippen LogP contribution is -2.26. The number of pyridine rings is 1. The van der Waals surface area contributed by atoms with Crippen molar-refractivity contribution < 1.29 is 32.9 Å². The highest BCUT2D eigenvalue weighted by Crippen LogP contribution is 2.25. The highest BCUT2D eigenvalue weighted by Gasteiger charge is 2.10. The molecule has 0 aliphatic carbocycles. The SMILES string of the molecule is CCOc1cccc(-c2c[n+](C)ccc2F)c1.O=P([O-])(O)O. The molecule has 120 valence electrons. The van der Waals surface area contributed by atoms with Crippen LogP contribution < -0.4 is 14.2 Å². The second-order valence-electron chi connectivity index (χ2n) is 4.32. The Morgan fingerprint density at radius 1 is 1.36 bits per heavy atom. The van der Waals surface area contributed by atoms with Crippen LogP contribution in [0, 0.1) is 5.82 Å². The summed E-state index contributed by atoms with van der Waals surface area (Å²) in [6, 6.07) is 8.92. The van der Waals surface area contributed by atoms with Crippen LogP contribution in [-0.2, 0) is 11.6 Å². The maximum atomic E-state index is 13.7. The topological polar surface area (TPSA) is 93.7 Å². The normalized spacial score (nSPS) is 10.6. The van der Waals surface area contributed by atoms with Crippen LogP contribution in [0.3, 0.4) is 0 Å². The minimum Gasteiger partial charge on any atom is -0.756 e. The predicted molar refractivity (Wildman–Crippen MR) is 76.2 cm³/mol. The minimum absolute atomic E-state index is 0.225. The molecule has 0 fully saturated rings. The number of rotatable bonds is 3. The number of hydrogen-bond acceptors (Lipinski definition) is 3. The Kier molecular flexibility index (Phi) is 6.64. The van der Waals surface area contributed by atoms with Gasteiger partial charge in [0.2, 0.25) is 0 Å². The highest BCUT2D eigenvalue weighted by molar-refractivity contribution is 7.43. The van der Waals surface area contributed by atoms with Crippen molar-refractivity contribution in [2.24, 2.45) is 7.05 Å². The third kappa shape index (κ3) is 6.78. The number of halogens is 1. The zero-order valence-electron chi connectivity index (χ0n) is 12.1. The van der Waals surface area contributed by atoms with Crippen LogP contribution in [0.4, 0.5) is 4.39 Å². The Labute approximate surface area is 127 Å². The van der Waals surface area contributed by atoms with Crippen molar-refractivity contribution in [1.82, 2.24) is 0 Å². The molecule has 1 aromatic carbocycles. The van der Waals surface area contributed by atoms with Crippen molar-refractivity contribution >= 4 is 7.82 Å². The van der Waals surface area contributed by atoms with E-state index in [1.54, 1.807) is 12.4 Å². The number of ether oxygens (including phenoxy) is 1. The van der Waals surface area contributed by atoms with Crippen molar-refractivity contribution in [2.75, 3.05) is 6.61 Å². The third-order valence-electron chi connectivity index (χ3n) is 2.50. The molecule has 22 heavy (non-hydrogen) atoms. The molecule has 0 spiro atoms. The molecule has 0 atom stereocenters. The van der Waals surface area contributed by atoms with E-state index in [0.717, 1.165) is 11.3 Å². The fraction of sp³-hybridized carbons (Fsp3) is 0.214. The zero-order chi connectivity index (χ0) is 16.8. The highest BCUT2D eigenvalue weighted by atomic mass is 31.2. The van der Waals surface area contributed by atoms with Gasteiger partial charge in [0.25, 0.3) is 7.82 Å². The largest absolute Gasteiger partial charge is 0.756 e. The molecule has 1 aromatic heterocycles. The average Bonchev–Trinajstić information content (AvgIpc) is 2.40. The second-order valence-corrected chi connectivity index (χ2v) is 5.30. The van der Waals surface area contributed by atoms with E-state index in [4.69, 9.17) is 24.0 Å². The summed E-state index contributed by atoms with van der Waals surface area (Å²) in [5.41, 5.74) is 1.40. The maximum Gasteiger partial charge on any atom is 0.262 e. The molecule has 6 nitrogen and oxygen atoms in total. The number of aryl methyl sites for hydroxylation is 1. The summed E-state index contributed by atoms with van der Waals surface area (Å²) in [4.78, 5) is 22.9. The monoisotopic (exact) mass is 329 g/mol. The number of phosphoric acid groups is 1. The number of hydrogen-bond donors (Lipinski definition) is 2. The standard InChI is InChI=1S/C14H15FNO.H3O4P/c1-3-17-12-6-4-5-11(9-12)13-10-16(2)8-7-14(13)15;1-5(2,3)4/h4-10H,3H2,1-2H3;(H3,1,2,3,4)/q+1;/p-1. The van der Waals surface area contributed by atoms with Gasteiger partial charge in [0.05, 0.1) is 12.2 Å². The molecule has 0 saturated carbocycles. The van der Waals surface area contributed by atoms with Crippen LogP contribution in [0.1, 0.15) is 6.92 Å². The van der Waals surface area contributed by atoms with E-state index in [-0.39, 0.29) is 5.82 Å². The molecule has 8 heteroatoms. The summed E-state index contributed by atoms with van der Waals surface area (Å²) >= 11 is 0. The van der Waals surface area contributed by atoms with Crippen LogP contribution in [-0.4, -0.2) is 16.4 Å². The Bertz CT molecular complexity index is 666. The molecule has 2 rings (SSSR count). The molecule has 0 aliphatic heterocycles. The Morgan fingerprint density at radius 2 is 2.00 bits per heavy atom. The number of benzene rings is 1. The first-order valence-electron chi connectivity index (χ1n) is 6.35. The predicted octanol–water partition coefficient (Wildman–Crippen LogP) is 1.16. The average molecular weight is 329 g/mol. The van der Waals surface area contributed by atoms with Crippen molar-refractivity contribution in [3.8, 4) is 16.9 Å². The van der Waals surface area contributed by atoms with Crippen LogP contribution in [0.2, 0.25) is 0 Å². The fourth-order valence-corrected chi connectivity index (χ4v) is 1.71. The third-order valence-corrected chi connectivity index (χ3v) is 2.50. The van der Waals surface area contributed by atoms with Gasteiger partial charge >= 0.3 is 0 Å². The zero-order valence-corrected chi connectivity index (χ0v) is 13.0. The lowest BCUT2D eigenvalue weighted by atomic mass is 10.1. The summed E-state index contributed by atoms with van der Waals surface area (Å²) in [6.45, 7) is 2.53. The van der Waals surface area contributed by atoms with E-state index in [9.17, 15) is 4.39 Å². The molecule has 0 saturated heterocycles. The first-order valence-corrected chi connectivity index (χ1v) is 7.88. The van der Waals surface area contributed by atoms with Gasteiger partial charge in [-0.25, -0.2) is 8.96 Å². The van der Waals surface area contributed by atoms with Crippen LogP contribution >= 0.6 is 7.82 Å². The van der Waals surface area contributed by atoms with Gasteiger partial charge in [0.1, 0.15) is 18.6 Å². The van der Waals surface area contributed by atoms with E-state index >= 15 is 0 Å². The van der Waals surface area contributed by atoms with Crippen molar-refractivity contribution in [2.45, 2.75) is 6.92 Å². The molecular weight excluding hydrogens is 312 g/mol. The Balaban J connectivity index is 0.000000422. The first-order chi connectivity index (χ1) is 10.2. The Hall–Kier alpha value is -1.79. The molecule has 0 radical (unpaired) electrons. The molecular formula is C14H17FNO5P. The smallest absolute Gasteiger partial charge is 0.262 e. The Morgan fingerprint density at radius 3 is 2.59 bits per heavy atom. The van der Waals surface area contributed by atoms with E-state index in [1.165, 1.54) is 6.07 Å². The van der Waals surface area contributed by atoms with Crippen molar-refractivity contribution in [3.05, 3.63) is 48.5 Å². The lowest BCUT2D eigenvalue weighted by molar-refractivity contribution is -0.671. The minimum atomic E-state index is -4.89. The second kappa shape index (κ2) is 8.00. The van der Waals surface area contributed by atoms with Gasteiger partial charge in [-0.1, -0.05) is 12.1 Å². The molecule has 0 bridgehead atoms. The summed E-state index contributed by atoms with van der Waals surface area (Å²) in [5.74, 6) is 0.535. The van der Waals surface area contributed by atoms with Crippen LogP contribution in [0.15, 0.2) is 42.7 Å². The summed E-state index contributed by atoms with van der Waals surface area (Å²) in [7, 11) is -3.02. The molecule has 2 aromatic rings. The summed E-state index contributed by atoms with van der Waals surface area (Å²) < 4.78 is 29.7. The lowest BCUT2D eigenvalue weighted by Gasteiger charge is -2.06. The summed E-state index contributed by atoms with van der Waals surface area (Å²) in [5, 5.41) is 0. The molecule has 0 amide bonds. The maximum absolute atomic E-state index is 13.7. The number of nitrogens with zero attached hydrogens (tertiary/aromatic N) is 1. The van der Waals surface area contributed by atoms with Crippen LogP contribution in [0.25, 0.3) is 11.1 Å². The van der Waals surface area contributed by atoms with Crippen molar-refractivity contribution in [3.63, 3.8) is 0 Å². The van der Waals surface area contributed by atoms with E-state index < -0.39 is 7.82 Å². The van der Waals surface area contributed by atoms with Crippen LogP contribution in [0.5, 0.6) is 5.75 Å². The number of aromatic nitrogens is 1. The van der Waals surface area contributed by atoms with Crippen molar-refractivity contribution in [1.29, 1.82) is 0 Å². The van der Waals surface area contributed by atoms with Gasteiger partial charge < -0.3 is 19.4 Å². The molecule has 1 heterocycles. The van der Waals surface area contributed by atoms with Gasteiger partial charge in [-0.05, 0) is 24.6 Å². The summed E-state index contributed by atoms with van der Waals surface area (Å²) in [6.07, 6.45) is 3.45. The van der Waals surface area contributed by atoms with Gasteiger partial charge in [0.15, 0.2) is 12.4 Å². The van der Waals surface area contributed by atoms with Gasteiger partial charge in [0, 0.05) is 6.07 Å². The fourth-order valence-electron chi connectivity index (χ4n) is 1.71. The van der Waals surface area contributed by atoms with E-state index in [1.807, 2.05) is 42.8 Å².